The first kappa shape index (κ1) is 37.9. The summed E-state index contributed by atoms with van der Waals surface area (Å²) in [5, 5.41) is 0. The van der Waals surface area contributed by atoms with Crippen LogP contribution in [0.5, 0.6) is 0 Å². The van der Waals surface area contributed by atoms with E-state index in [-0.39, 0.29) is 56.3 Å². The van der Waals surface area contributed by atoms with E-state index in [1.54, 1.807) is 97.8 Å². The van der Waals surface area contributed by atoms with E-state index in [0.717, 1.165) is 0 Å². The topological polar surface area (TPSA) is 224 Å². The average Bonchev–Trinajstić information content (AvgIpc) is 2.89. The molecule has 0 saturated heterocycles. The van der Waals surface area contributed by atoms with Gasteiger partial charge in [-0.25, -0.2) is 0 Å². The van der Waals surface area contributed by atoms with Crippen molar-refractivity contribution in [2.75, 3.05) is 0 Å². The molecule has 0 N–H and O–H groups in total. The van der Waals surface area contributed by atoms with Gasteiger partial charge in [0.05, 0.1) is 21.6 Å². The molecular weight excluding hydrogens is 735 g/mol. The zero-order chi connectivity index (χ0) is 26.8. The number of halogens is 2. The van der Waals surface area contributed by atoms with Crippen LogP contribution in [0, 0.1) is 21.6 Å². The summed E-state index contributed by atoms with van der Waals surface area (Å²) in [6.45, 7) is 0. The van der Waals surface area contributed by atoms with Crippen molar-refractivity contribution >= 4 is 11.6 Å². The number of carbonyl (C=O) groups excluding carboxylic acids is 2. The number of pyridine rings is 4. The minimum absolute atomic E-state index is 0. The molecule has 38 heavy (non-hydrogen) atoms. The molecule has 0 spiro atoms. The fraction of sp³-hybridized carbons (Fsp3) is 0. The first-order valence-electron chi connectivity index (χ1n) is 9.40. The Kier molecular flexibility index (Phi) is 22.7. The molecule has 0 unspecified atom stereocenters. The minimum Gasteiger partial charge on any atom is -0.357 e. The summed E-state index contributed by atoms with van der Waals surface area (Å²) in [6, 6.07) is 17.3. The van der Waals surface area contributed by atoms with Crippen molar-refractivity contribution in [2.24, 2.45) is 0 Å². The third-order valence-electron chi connectivity index (χ3n) is 3.68. The van der Waals surface area contributed by atoms with Gasteiger partial charge in [-0.2, -0.15) is 0 Å². The van der Waals surface area contributed by atoms with Crippen LogP contribution in [0.3, 0.4) is 0 Å². The molecule has 0 bridgehead atoms. The number of aromatic nitrogens is 4. The van der Waals surface area contributed by atoms with Crippen molar-refractivity contribution in [1.82, 2.24) is 19.9 Å². The summed E-state index contributed by atoms with van der Waals surface area (Å²) in [6.07, 6.45) is 9.58. The summed E-state index contributed by atoms with van der Waals surface area (Å²) in [4.78, 5) is 39.2. The van der Waals surface area contributed by atoms with E-state index in [1.807, 2.05) is 0 Å². The Balaban J connectivity index is 0. The Morgan fingerprint density at radius 3 is 1.03 bits per heavy atom. The molecule has 0 atom stereocenters. The molecular formula is C22H16Ag2Cl2N4O8. The first-order chi connectivity index (χ1) is 17.2. The third kappa shape index (κ3) is 17.3. The van der Waals surface area contributed by atoms with Gasteiger partial charge < -0.3 is 28.0 Å². The Labute approximate surface area is 254 Å². The van der Waals surface area contributed by atoms with Crippen LogP contribution in [0.1, 0.15) is 32.1 Å². The van der Waals surface area contributed by atoms with E-state index in [2.05, 4.69) is 19.9 Å². The van der Waals surface area contributed by atoms with Crippen molar-refractivity contribution in [3.05, 3.63) is 120 Å². The Morgan fingerprint density at radius 1 is 0.500 bits per heavy atom. The second-order valence-electron chi connectivity index (χ2n) is 5.94. The first-order valence-corrected chi connectivity index (χ1v) is 11.2. The van der Waals surface area contributed by atoms with Crippen LogP contribution in [0.2, 0.25) is 0 Å². The average molecular weight is 751 g/mol. The van der Waals surface area contributed by atoms with Gasteiger partial charge in [0, 0.05) is 48.3 Å². The maximum atomic E-state index is 11.8. The molecule has 0 aliphatic rings. The molecule has 0 aliphatic heterocycles. The molecule has 0 aromatic carbocycles. The Bertz CT molecular complexity index is 974. The second kappa shape index (κ2) is 22.7. The van der Waals surface area contributed by atoms with Gasteiger partial charge in [0.25, 0.3) is 0 Å². The van der Waals surface area contributed by atoms with E-state index >= 15 is 0 Å². The number of rotatable bonds is 4. The van der Waals surface area contributed by atoms with E-state index in [4.69, 9.17) is 28.0 Å². The van der Waals surface area contributed by atoms with E-state index < -0.39 is 21.6 Å². The molecule has 4 aromatic rings. The summed E-state index contributed by atoms with van der Waals surface area (Å²) < 4.78 is 50.4. The summed E-state index contributed by atoms with van der Waals surface area (Å²) in [7, 11) is -5.70. The van der Waals surface area contributed by atoms with E-state index in [1.165, 1.54) is 0 Å². The van der Waals surface area contributed by atoms with Gasteiger partial charge in [0.15, 0.2) is 0 Å². The van der Waals surface area contributed by atoms with Crippen molar-refractivity contribution in [3.63, 3.8) is 0 Å². The SMILES string of the molecule is O=C(c1ccncc1)c1ccccn1.O=C(c1ccncc1)c1ccccn1.[Ag+].[Ag+].[O-][Cl+2]([O-])[O-].[O-][Cl+2]([O-])[O-]. The minimum atomic E-state index is -2.85. The number of carbonyl (C=O) groups is 2. The molecule has 0 saturated carbocycles. The fourth-order valence-corrected chi connectivity index (χ4v) is 2.30. The van der Waals surface area contributed by atoms with Gasteiger partial charge in [0.2, 0.25) is 11.6 Å². The fourth-order valence-electron chi connectivity index (χ4n) is 2.30. The van der Waals surface area contributed by atoms with Crippen LogP contribution in [-0.2, 0) is 44.8 Å². The molecule has 16 heteroatoms. The maximum absolute atomic E-state index is 11.8. The standard InChI is InChI=1S/2C11H8N2O.2Ag.2ClO3/c2*14-11(9-4-7-12-8-5-9)10-3-1-2-6-13-10;;;2*2-1(3)4/h2*1-8H;;;;/q;;2*+1;2*-1. The normalized spacial score (nSPS) is 9.05. The van der Waals surface area contributed by atoms with Crippen LogP contribution >= 0.6 is 0 Å². The van der Waals surface area contributed by atoms with E-state index in [9.17, 15) is 9.59 Å². The molecule has 12 nitrogen and oxygen atoms in total. The monoisotopic (exact) mass is 748 g/mol. The smallest absolute Gasteiger partial charge is 0.357 e. The molecule has 4 aromatic heterocycles. The number of nitrogens with zero attached hydrogens (tertiary/aromatic N) is 4. The van der Waals surface area contributed by atoms with Crippen molar-refractivity contribution < 1.29 is 104 Å². The Hall–Kier alpha value is -2.24. The van der Waals surface area contributed by atoms with Gasteiger partial charge in [-0.1, -0.05) is 12.1 Å². The summed E-state index contributed by atoms with van der Waals surface area (Å²) in [5.41, 5.74) is 2.13. The van der Waals surface area contributed by atoms with Gasteiger partial charge in [-0.05, 0) is 48.5 Å². The van der Waals surface area contributed by atoms with Crippen LogP contribution in [-0.4, -0.2) is 31.5 Å². The Morgan fingerprint density at radius 2 is 0.789 bits per heavy atom. The quantitative estimate of drug-likeness (QED) is 0.145. The third-order valence-corrected chi connectivity index (χ3v) is 3.68. The zero-order valence-electron chi connectivity index (χ0n) is 18.7. The largest absolute Gasteiger partial charge is 1.00 e. The maximum Gasteiger partial charge on any atom is 1.00 e. The summed E-state index contributed by atoms with van der Waals surface area (Å²) >= 11 is 0. The van der Waals surface area contributed by atoms with Crippen molar-refractivity contribution in [2.45, 2.75) is 0 Å². The van der Waals surface area contributed by atoms with Gasteiger partial charge in [-0.15, -0.1) is 0 Å². The zero-order valence-corrected chi connectivity index (χ0v) is 23.1. The molecule has 4 heterocycles. The number of hydrogen-bond donors (Lipinski definition) is 0. The molecule has 0 fully saturated rings. The molecule has 4 rings (SSSR count). The van der Waals surface area contributed by atoms with Crippen LogP contribution in [0.15, 0.2) is 97.8 Å². The number of hydrogen-bond acceptors (Lipinski definition) is 12. The molecule has 0 radical (unpaired) electrons. The predicted molar refractivity (Wildman–Crippen MR) is 104 cm³/mol. The van der Waals surface area contributed by atoms with Gasteiger partial charge >= 0.3 is 44.8 Å². The molecule has 0 amide bonds. The van der Waals surface area contributed by atoms with Crippen LogP contribution < -0.4 is 28.0 Å². The molecule has 208 valence electrons. The number of ketones is 2. The van der Waals surface area contributed by atoms with Gasteiger partial charge in [0.1, 0.15) is 11.4 Å². The molecule has 0 aliphatic carbocycles. The predicted octanol–water partition coefficient (Wildman–Crippen LogP) is -3.72. The van der Waals surface area contributed by atoms with Crippen molar-refractivity contribution in [3.8, 4) is 0 Å². The second-order valence-corrected chi connectivity index (χ2v) is 6.69. The van der Waals surface area contributed by atoms with Crippen molar-refractivity contribution in [1.29, 1.82) is 0 Å². The van der Waals surface area contributed by atoms with Gasteiger partial charge in [-0.3, -0.25) is 29.5 Å². The van der Waals surface area contributed by atoms with Crippen LogP contribution in [0.4, 0.5) is 0 Å². The summed E-state index contributed by atoms with van der Waals surface area (Å²) in [5.74, 6) is -0.152. The van der Waals surface area contributed by atoms with E-state index in [0.29, 0.717) is 22.5 Å². The van der Waals surface area contributed by atoms with Crippen LogP contribution in [0.25, 0.3) is 0 Å².